The van der Waals surface area contributed by atoms with Crippen LogP contribution in [0.25, 0.3) is 0 Å². The lowest BCUT2D eigenvalue weighted by Gasteiger charge is -2.31. The van der Waals surface area contributed by atoms with Gasteiger partial charge in [-0.1, -0.05) is 13.0 Å². The van der Waals surface area contributed by atoms with Gasteiger partial charge < -0.3 is 14.4 Å². The first kappa shape index (κ1) is 16.9. The monoisotopic (exact) mass is 341 g/mol. The Morgan fingerprint density at radius 2 is 2.44 bits per heavy atom. The van der Waals surface area contributed by atoms with Crippen LogP contribution in [0, 0.1) is 11.3 Å². The highest BCUT2D eigenvalue weighted by molar-refractivity contribution is 5.78. The van der Waals surface area contributed by atoms with Gasteiger partial charge in [0.15, 0.2) is 12.4 Å². The number of H-pyrrole nitrogens is 1. The van der Waals surface area contributed by atoms with Crippen molar-refractivity contribution < 1.29 is 14.3 Å². The molecule has 0 radical (unpaired) electrons. The predicted molar refractivity (Wildman–Crippen MR) is 87.7 cm³/mol. The molecule has 1 aliphatic heterocycles. The summed E-state index contributed by atoms with van der Waals surface area (Å²) in [6.07, 6.45) is 0.425. The molecular formula is C17H19N5O3. The molecule has 25 heavy (non-hydrogen) atoms. The summed E-state index contributed by atoms with van der Waals surface area (Å²) >= 11 is 0. The van der Waals surface area contributed by atoms with Crippen LogP contribution in [0.1, 0.15) is 30.2 Å². The van der Waals surface area contributed by atoms with Gasteiger partial charge in [-0.15, -0.1) is 0 Å². The largest absolute Gasteiger partial charge is 0.484 e. The molecular weight excluding hydrogens is 322 g/mol. The van der Waals surface area contributed by atoms with E-state index >= 15 is 0 Å². The van der Waals surface area contributed by atoms with Crippen LogP contribution < -0.4 is 4.74 Å². The van der Waals surface area contributed by atoms with Gasteiger partial charge in [0.05, 0.1) is 24.8 Å². The number of nitrogens with zero attached hydrogens (tertiary/aromatic N) is 4. The first-order valence-electron chi connectivity index (χ1n) is 8.13. The summed E-state index contributed by atoms with van der Waals surface area (Å²) in [5.74, 6) is 1.72. The fourth-order valence-electron chi connectivity index (χ4n) is 2.54. The predicted octanol–water partition coefficient (Wildman–Crippen LogP) is 1.22. The zero-order valence-electron chi connectivity index (χ0n) is 13.9. The molecule has 2 aromatic rings. The minimum Gasteiger partial charge on any atom is -0.484 e. The van der Waals surface area contributed by atoms with E-state index in [0.717, 1.165) is 12.2 Å². The maximum atomic E-state index is 12.4. The fraction of sp³-hybridized carbons (Fsp3) is 0.412. The highest BCUT2D eigenvalue weighted by Gasteiger charge is 2.28. The molecule has 0 saturated carbocycles. The molecule has 1 aromatic heterocycles. The normalized spacial score (nSPS) is 17.1. The first-order valence-corrected chi connectivity index (χ1v) is 8.13. The van der Waals surface area contributed by atoms with E-state index in [4.69, 9.17) is 14.7 Å². The lowest BCUT2D eigenvalue weighted by molar-refractivity contribution is -0.141. The van der Waals surface area contributed by atoms with Crippen LogP contribution in [0.2, 0.25) is 0 Å². The molecule has 8 nitrogen and oxygen atoms in total. The zero-order chi connectivity index (χ0) is 17.6. The molecule has 130 valence electrons. The highest BCUT2D eigenvalue weighted by Crippen LogP contribution is 2.19. The number of aryl methyl sites for hydroxylation is 1. The second-order valence-corrected chi connectivity index (χ2v) is 5.62. The summed E-state index contributed by atoms with van der Waals surface area (Å²) in [5, 5.41) is 15.9. The van der Waals surface area contributed by atoms with Gasteiger partial charge in [-0.2, -0.15) is 10.4 Å². The molecule has 3 rings (SSSR count). The Bertz CT molecular complexity index is 783. The van der Waals surface area contributed by atoms with Crippen molar-refractivity contribution in [3.05, 3.63) is 41.5 Å². The van der Waals surface area contributed by atoms with E-state index in [1.807, 2.05) is 13.0 Å². The summed E-state index contributed by atoms with van der Waals surface area (Å²) in [7, 11) is 0. The molecule has 8 heteroatoms. The third-order valence-electron chi connectivity index (χ3n) is 3.92. The lowest BCUT2D eigenvalue weighted by atomic mass is 10.2. The van der Waals surface area contributed by atoms with Gasteiger partial charge >= 0.3 is 0 Å². The van der Waals surface area contributed by atoms with Crippen molar-refractivity contribution in [2.24, 2.45) is 0 Å². The zero-order valence-corrected chi connectivity index (χ0v) is 13.9. The summed E-state index contributed by atoms with van der Waals surface area (Å²) < 4.78 is 11.2. The molecule has 0 aliphatic carbocycles. The average Bonchev–Trinajstić information content (AvgIpc) is 3.15. The Morgan fingerprint density at radius 1 is 1.56 bits per heavy atom. The summed E-state index contributed by atoms with van der Waals surface area (Å²) in [6.45, 7) is 3.22. The number of hydrogen-bond acceptors (Lipinski definition) is 6. The molecule has 1 saturated heterocycles. The number of aromatic nitrogens is 3. The van der Waals surface area contributed by atoms with Crippen LogP contribution in [0.15, 0.2) is 24.3 Å². The molecule has 0 spiro atoms. The van der Waals surface area contributed by atoms with Gasteiger partial charge in [0.25, 0.3) is 5.91 Å². The molecule has 1 aromatic carbocycles. The van der Waals surface area contributed by atoms with Crippen molar-refractivity contribution in [1.82, 2.24) is 20.1 Å². The molecule has 2 heterocycles. The van der Waals surface area contributed by atoms with Crippen molar-refractivity contribution >= 4 is 5.91 Å². The van der Waals surface area contributed by atoms with Crippen molar-refractivity contribution in [1.29, 1.82) is 5.26 Å². The van der Waals surface area contributed by atoms with Gasteiger partial charge in [0.1, 0.15) is 17.7 Å². The van der Waals surface area contributed by atoms with Crippen molar-refractivity contribution in [3.63, 3.8) is 0 Å². The number of aromatic amines is 1. The third-order valence-corrected chi connectivity index (χ3v) is 3.92. The van der Waals surface area contributed by atoms with E-state index in [0.29, 0.717) is 36.8 Å². The molecule has 1 fully saturated rings. The van der Waals surface area contributed by atoms with E-state index in [-0.39, 0.29) is 18.6 Å². The number of ether oxygens (including phenoxy) is 2. The standard InChI is InChI=1S/C17H19N5O3/c1-2-15-19-17(21-20-15)14-10-22(6-7-24-14)16(23)11-25-13-5-3-4-12(8-13)9-18/h3-5,8,14H,2,6-7,10-11H2,1H3,(H,19,20,21). The SMILES string of the molecule is CCc1nc(C2CN(C(=O)COc3cccc(C#N)c3)CCO2)n[nH]1. The third kappa shape index (κ3) is 4.14. The molecule has 1 N–H and O–H groups in total. The number of carbonyl (C=O) groups is 1. The van der Waals surface area contributed by atoms with Gasteiger partial charge in [-0.25, -0.2) is 4.98 Å². The average molecular weight is 341 g/mol. The molecule has 0 bridgehead atoms. The number of rotatable bonds is 5. The molecule has 1 aliphatic rings. The summed E-state index contributed by atoms with van der Waals surface area (Å²) in [4.78, 5) is 18.4. The van der Waals surface area contributed by atoms with Gasteiger partial charge in [0, 0.05) is 13.0 Å². The second-order valence-electron chi connectivity index (χ2n) is 5.62. The Morgan fingerprint density at radius 3 is 3.20 bits per heavy atom. The van der Waals surface area contributed by atoms with Crippen LogP contribution in [0.3, 0.4) is 0 Å². The second kappa shape index (κ2) is 7.77. The quantitative estimate of drug-likeness (QED) is 0.877. The number of amides is 1. The Hall–Kier alpha value is -2.92. The highest BCUT2D eigenvalue weighted by atomic mass is 16.5. The van der Waals surface area contributed by atoms with E-state index in [2.05, 4.69) is 15.2 Å². The van der Waals surface area contributed by atoms with Crippen molar-refractivity contribution in [2.75, 3.05) is 26.3 Å². The van der Waals surface area contributed by atoms with Gasteiger partial charge in [-0.05, 0) is 18.2 Å². The number of morpholine rings is 1. The molecule has 1 atom stereocenters. The topological polar surface area (TPSA) is 104 Å². The van der Waals surface area contributed by atoms with Crippen molar-refractivity contribution in [2.45, 2.75) is 19.4 Å². The summed E-state index contributed by atoms with van der Waals surface area (Å²) in [5.41, 5.74) is 0.493. The van der Waals surface area contributed by atoms with Crippen LogP contribution >= 0.6 is 0 Å². The Labute approximate surface area is 145 Å². The number of carbonyl (C=O) groups excluding carboxylic acids is 1. The number of nitriles is 1. The smallest absolute Gasteiger partial charge is 0.260 e. The first-order chi connectivity index (χ1) is 12.2. The van der Waals surface area contributed by atoms with E-state index < -0.39 is 0 Å². The number of hydrogen-bond donors (Lipinski definition) is 1. The Balaban J connectivity index is 1.57. The minimum atomic E-state index is -0.337. The van der Waals surface area contributed by atoms with Crippen LogP contribution in [-0.2, 0) is 16.0 Å². The van der Waals surface area contributed by atoms with Crippen LogP contribution in [0.4, 0.5) is 0 Å². The van der Waals surface area contributed by atoms with Crippen molar-refractivity contribution in [3.8, 4) is 11.8 Å². The van der Waals surface area contributed by atoms with E-state index in [1.54, 1.807) is 29.2 Å². The van der Waals surface area contributed by atoms with Crippen LogP contribution in [0.5, 0.6) is 5.75 Å². The van der Waals surface area contributed by atoms with Gasteiger partial charge in [-0.3, -0.25) is 9.89 Å². The maximum absolute atomic E-state index is 12.4. The van der Waals surface area contributed by atoms with Crippen LogP contribution in [-0.4, -0.2) is 52.3 Å². The van der Waals surface area contributed by atoms with E-state index in [9.17, 15) is 4.79 Å². The molecule has 1 unspecified atom stereocenters. The number of nitrogens with one attached hydrogen (secondary N) is 1. The summed E-state index contributed by atoms with van der Waals surface area (Å²) in [6, 6.07) is 8.77. The van der Waals surface area contributed by atoms with E-state index in [1.165, 1.54) is 0 Å². The minimum absolute atomic E-state index is 0.0875. The Kier molecular flexibility index (Phi) is 5.26. The van der Waals surface area contributed by atoms with Gasteiger partial charge in [0.2, 0.25) is 0 Å². The number of benzene rings is 1. The lowest BCUT2D eigenvalue weighted by Crippen LogP contribution is -2.44. The molecule has 1 amide bonds. The fourth-order valence-corrected chi connectivity index (χ4v) is 2.54. The maximum Gasteiger partial charge on any atom is 0.260 e.